The average Bonchev–Trinajstić information content (AvgIpc) is 3.28. The lowest BCUT2D eigenvalue weighted by Gasteiger charge is -2.49. The van der Waals surface area contributed by atoms with Crippen LogP contribution in [0.5, 0.6) is 0 Å². The SMILES string of the molecule is CSc1nc(C(=O)N2CCC3(CC2)c2nc[nH]c2CCN3C)cs1. The van der Waals surface area contributed by atoms with Gasteiger partial charge < -0.3 is 9.88 Å². The second-order valence-electron chi connectivity index (χ2n) is 6.43. The van der Waals surface area contributed by atoms with E-state index in [1.807, 2.05) is 22.9 Å². The molecule has 0 aliphatic carbocycles. The number of aromatic amines is 1. The molecule has 2 aromatic heterocycles. The van der Waals surface area contributed by atoms with E-state index >= 15 is 0 Å². The van der Waals surface area contributed by atoms with Crippen molar-refractivity contribution in [2.75, 3.05) is 32.9 Å². The second kappa shape index (κ2) is 6.16. The van der Waals surface area contributed by atoms with Gasteiger partial charge in [0, 0.05) is 37.1 Å². The number of carbonyl (C=O) groups is 1. The van der Waals surface area contributed by atoms with E-state index < -0.39 is 0 Å². The van der Waals surface area contributed by atoms with Gasteiger partial charge in [0.25, 0.3) is 5.91 Å². The highest BCUT2D eigenvalue weighted by molar-refractivity contribution is 8.00. The zero-order chi connectivity index (χ0) is 16.7. The number of hydrogen-bond donors (Lipinski definition) is 1. The molecule has 1 fully saturated rings. The first-order chi connectivity index (χ1) is 11.6. The Kier molecular flexibility index (Phi) is 4.14. The van der Waals surface area contributed by atoms with E-state index in [9.17, 15) is 4.79 Å². The summed E-state index contributed by atoms with van der Waals surface area (Å²) in [4.78, 5) is 29.4. The van der Waals surface area contributed by atoms with Gasteiger partial charge in [-0.25, -0.2) is 9.97 Å². The molecule has 0 bridgehead atoms. The van der Waals surface area contributed by atoms with Gasteiger partial charge in [-0.1, -0.05) is 11.8 Å². The maximum Gasteiger partial charge on any atom is 0.273 e. The molecule has 24 heavy (non-hydrogen) atoms. The van der Waals surface area contributed by atoms with Crippen molar-refractivity contribution in [2.24, 2.45) is 0 Å². The summed E-state index contributed by atoms with van der Waals surface area (Å²) >= 11 is 3.12. The number of nitrogens with one attached hydrogen (secondary N) is 1. The van der Waals surface area contributed by atoms with Gasteiger partial charge >= 0.3 is 0 Å². The summed E-state index contributed by atoms with van der Waals surface area (Å²) < 4.78 is 0.944. The van der Waals surface area contributed by atoms with E-state index in [4.69, 9.17) is 0 Å². The van der Waals surface area contributed by atoms with Crippen LogP contribution in [0.1, 0.15) is 34.7 Å². The normalized spacial score (nSPS) is 20.3. The van der Waals surface area contributed by atoms with Crippen LogP contribution in [-0.4, -0.2) is 63.6 Å². The summed E-state index contributed by atoms with van der Waals surface area (Å²) in [5.41, 5.74) is 2.99. The molecule has 6 nitrogen and oxygen atoms in total. The summed E-state index contributed by atoms with van der Waals surface area (Å²) in [6, 6.07) is 0. The molecule has 0 radical (unpaired) electrons. The Morgan fingerprint density at radius 3 is 2.88 bits per heavy atom. The van der Waals surface area contributed by atoms with Crippen LogP contribution < -0.4 is 0 Å². The summed E-state index contributed by atoms with van der Waals surface area (Å²) in [6.07, 6.45) is 6.66. The molecule has 4 rings (SSSR count). The molecular weight excluding hydrogens is 342 g/mol. The van der Waals surface area contributed by atoms with E-state index in [0.717, 1.165) is 43.2 Å². The highest BCUT2D eigenvalue weighted by Gasteiger charge is 2.45. The van der Waals surface area contributed by atoms with E-state index in [1.54, 1.807) is 11.8 Å². The number of imidazole rings is 1. The van der Waals surface area contributed by atoms with Crippen molar-refractivity contribution in [2.45, 2.75) is 29.1 Å². The zero-order valence-corrected chi connectivity index (χ0v) is 15.5. The molecule has 1 saturated heterocycles. The van der Waals surface area contributed by atoms with Gasteiger partial charge in [-0.05, 0) is 26.1 Å². The largest absolute Gasteiger partial charge is 0.348 e. The number of amides is 1. The quantitative estimate of drug-likeness (QED) is 0.829. The lowest BCUT2D eigenvalue weighted by Crippen LogP contribution is -2.55. The molecule has 1 N–H and O–H groups in total. The van der Waals surface area contributed by atoms with E-state index in [2.05, 4.69) is 26.9 Å². The number of likely N-dealkylation sites (tertiary alicyclic amines) is 1. The number of H-pyrrole nitrogens is 1. The third-order valence-electron chi connectivity index (χ3n) is 5.34. The van der Waals surface area contributed by atoms with E-state index in [1.165, 1.54) is 22.7 Å². The van der Waals surface area contributed by atoms with Crippen LogP contribution in [0.15, 0.2) is 16.0 Å². The number of likely N-dealkylation sites (N-methyl/N-ethyl adjacent to an activating group) is 1. The van der Waals surface area contributed by atoms with Crippen LogP contribution in [0.3, 0.4) is 0 Å². The lowest BCUT2D eigenvalue weighted by atomic mass is 9.79. The zero-order valence-electron chi connectivity index (χ0n) is 13.9. The Morgan fingerprint density at radius 1 is 1.38 bits per heavy atom. The number of aromatic nitrogens is 3. The molecule has 4 heterocycles. The Labute approximate surface area is 149 Å². The molecule has 0 saturated carbocycles. The van der Waals surface area contributed by atoms with Crippen LogP contribution >= 0.6 is 23.1 Å². The van der Waals surface area contributed by atoms with Gasteiger partial charge in [0.05, 0.1) is 17.6 Å². The lowest BCUT2D eigenvalue weighted by molar-refractivity contribution is 0.0223. The summed E-state index contributed by atoms with van der Waals surface area (Å²) in [6.45, 7) is 2.54. The predicted octanol–water partition coefficient (Wildman–Crippen LogP) is 2.21. The van der Waals surface area contributed by atoms with Crippen LogP contribution in [0.4, 0.5) is 0 Å². The molecule has 0 unspecified atom stereocenters. The minimum atomic E-state index is -0.0309. The molecule has 2 aromatic rings. The van der Waals surface area contributed by atoms with Crippen LogP contribution in [0.2, 0.25) is 0 Å². The van der Waals surface area contributed by atoms with Gasteiger partial charge in [0.2, 0.25) is 0 Å². The minimum absolute atomic E-state index is 0.0309. The average molecular weight is 364 g/mol. The Morgan fingerprint density at radius 2 is 2.17 bits per heavy atom. The first-order valence-corrected chi connectivity index (χ1v) is 10.3. The fraction of sp³-hybridized carbons (Fsp3) is 0.562. The van der Waals surface area contributed by atoms with Crippen molar-refractivity contribution in [1.82, 2.24) is 24.8 Å². The summed E-state index contributed by atoms with van der Waals surface area (Å²) in [7, 11) is 2.18. The fourth-order valence-corrected chi connectivity index (χ4v) is 5.13. The van der Waals surface area contributed by atoms with Gasteiger partial charge in [-0.15, -0.1) is 11.3 Å². The van der Waals surface area contributed by atoms with Gasteiger partial charge in [0.1, 0.15) is 10.0 Å². The number of carbonyl (C=O) groups excluding carboxylic acids is 1. The van der Waals surface area contributed by atoms with Crippen LogP contribution in [0, 0.1) is 0 Å². The highest BCUT2D eigenvalue weighted by atomic mass is 32.2. The third-order valence-corrected chi connectivity index (χ3v) is 7.20. The number of nitrogens with zero attached hydrogens (tertiary/aromatic N) is 4. The van der Waals surface area contributed by atoms with Crippen molar-refractivity contribution in [1.29, 1.82) is 0 Å². The van der Waals surface area contributed by atoms with E-state index in [0.29, 0.717) is 5.69 Å². The predicted molar refractivity (Wildman–Crippen MR) is 95.6 cm³/mol. The Balaban J connectivity index is 1.52. The number of hydrogen-bond acceptors (Lipinski definition) is 6. The Bertz CT molecular complexity index is 747. The van der Waals surface area contributed by atoms with Crippen LogP contribution in [0.25, 0.3) is 0 Å². The maximum atomic E-state index is 12.7. The molecule has 0 atom stereocenters. The number of piperidine rings is 1. The second-order valence-corrected chi connectivity index (χ2v) is 8.34. The van der Waals surface area contributed by atoms with Gasteiger partial charge in [0.15, 0.2) is 0 Å². The van der Waals surface area contributed by atoms with Crippen LogP contribution in [-0.2, 0) is 12.0 Å². The van der Waals surface area contributed by atoms with Crippen molar-refractivity contribution in [3.63, 3.8) is 0 Å². The Hall–Kier alpha value is -1.38. The molecule has 1 amide bonds. The standard InChI is InChI=1S/C16H21N5OS2/c1-20-6-3-11-13(18-10-17-11)16(20)4-7-21(8-5-16)14(22)12-9-24-15(19-12)23-2/h9-10H,3-8H2,1-2H3,(H,17,18). The maximum absolute atomic E-state index is 12.7. The molecule has 1 spiro atoms. The highest BCUT2D eigenvalue weighted by Crippen LogP contribution is 2.41. The smallest absolute Gasteiger partial charge is 0.273 e. The minimum Gasteiger partial charge on any atom is -0.348 e. The van der Waals surface area contributed by atoms with Gasteiger partial charge in [-0.3, -0.25) is 9.69 Å². The number of thiazole rings is 1. The number of fused-ring (bicyclic) bond motifs is 2. The number of thioether (sulfide) groups is 1. The van der Waals surface area contributed by atoms with Crippen molar-refractivity contribution < 1.29 is 4.79 Å². The first kappa shape index (κ1) is 16.1. The topological polar surface area (TPSA) is 65.1 Å². The van der Waals surface area contributed by atoms with Crippen molar-refractivity contribution >= 4 is 29.0 Å². The monoisotopic (exact) mass is 363 g/mol. The van der Waals surface area contributed by atoms with E-state index in [-0.39, 0.29) is 11.4 Å². The first-order valence-electron chi connectivity index (χ1n) is 8.17. The molecular formula is C16H21N5OS2. The molecule has 2 aliphatic heterocycles. The molecule has 2 aliphatic rings. The summed E-state index contributed by atoms with van der Waals surface area (Å²) in [5.74, 6) is 0.0575. The third kappa shape index (κ3) is 2.48. The molecule has 0 aromatic carbocycles. The fourth-order valence-electron chi connectivity index (χ4n) is 3.90. The molecule has 8 heteroatoms. The van der Waals surface area contributed by atoms with Crippen molar-refractivity contribution in [3.05, 3.63) is 28.8 Å². The number of rotatable bonds is 2. The summed E-state index contributed by atoms with van der Waals surface area (Å²) in [5, 5.41) is 1.87. The molecule has 128 valence electrons. The van der Waals surface area contributed by atoms with Crippen molar-refractivity contribution in [3.8, 4) is 0 Å². The van der Waals surface area contributed by atoms with Gasteiger partial charge in [-0.2, -0.15) is 0 Å².